The van der Waals surface area contributed by atoms with Gasteiger partial charge in [0.1, 0.15) is 10.1 Å². The number of rotatable bonds is 24. The fourth-order valence-electron chi connectivity index (χ4n) is 7.95. The van der Waals surface area contributed by atoms with Crippen LogP contribution >= 0.6 is 24.1 Å². The summed E-state index contributed by atoms with van der Waals surface area (Å²) in [7, 11) is -4.44. The molecule has 0 spiro atoms. The maximum Gasteiger partial charge on any atom is 1.00 e. The van der Waals surface area contributed by atoms with Crippen molar-refractivity contribution in [3.05, 3.63) is 234 Å². The molecule has 24 nitrogen and oxygen atoms in total. The Balaban J connectivity index is 0.000000379. The Bertz CT molecular complexity index is 4250. The van der Waals surface area contributed by atoms with Crippen molar-refractivity contribution >= 4 is 128 Å². The molecular weight excluding hydrogens is 1330 g/mol. The molecule has 0 aliphatic carbocycles. The Morgan fingerprint density at radius 3 is 1.19 bits per heavy atom. The van der Waals surface area contributed by atoms with E-state index in [4.69, 9.17) is 22.4 Å². The van der Waals surface area contributed by atoms with Gasteiger partial charge in [0.05, 0.1) is 43.2 Å². The van der Waals surface area contributed by atoms with Crippen LogP contribution in [0.4, 0.5) is 46.5 Å². The first-order valence-electron chi connectivity index (χ1n) is 26.2. The Morgan fingerprint density at radius 2 is 0.766 bits per heavy atom. The van der Waals surface area contributed by atoms with Gasteiger partial charge in [0.2, 0.25) is 23.8 Å². The number of ether oxygens (including phenoxy) is 2. The summed E-state index contributed by atoms with van der Waals surface area (Å²) in [6.07, 6.45) is 11.1. The van der Waals surface area contributed by atoms with Gasteiger partial charge in [-0.1, -0.05) is 176 Å². The first kappa shape index (κ1) is 80.5. The van der Waals surface area contributed by atoms with Crippen molar-refractivity contribution in [2.75, 3.05) is 35.5 Å². The molecule has 0 atom stereocenters. The normalized spacial score (nSPS) is 10.7. The minimum atomic E-state index is -4.54. The van der Waals surface area contributed by atoms with E-state index in [9.17, 15) is 23.5 Å². The van der Waals surface area contributed by atoms with E-state index in [1.54, 1.807) is 30.4 Å². The third-order valence-electron chi connectivity index (χ3n) is 12.0. The summed E-state index contributed by atoms with van der Waals surface area (Å²) in [6.45, 7) is 0. The molecule has 0 bridgehead atoms. The molecule has 460 valence electrons. The number of benzene rings is 8. The number of nitrogens with zero attached hydrogens (tertiary/aromatic N) is 6. The predicted molar refractivity (Wildman–Crippen MR) is 339 cm³/mol. The maximum absolute atomic E-state index is 11.4. The number of para-hydroxylation sites is 2. The van der Waals surface area contributed by atoms with Gasteiger partial charge >= 0.3 is 130 Å². The second-order valence-electron chi connectivity index (χ2n) is 18.0. The Kier molecular flexibility index (Phi) is 36.5. The van der Waals surface area contributed by atoms with Crippen molar-refractivity contribution in [1.29, 1.82) is 0 Å². The zero-order valence-corrected chi connectivity index (χ0v) is 62.4. The van der Waals surface area contributed by atoms with E-state index in [0.717, 1.165) is 85.0 Å². The van der Waals surface area contributed by atoms with Crippen LogP contribution in [0.5, 0.6) is 12.0 Å². The second kappa shape index (κ2) is 42.6. The number of anilines is 8. The number of hydrogen-bond donors (Lipinski definition) is 5. The summed E-state index contributed by atoms with van der Waals surface area (Å²) < 4.78 is 78.0. The van der Waals surface area contributed by atoms with Crippen LogP contribution in [0.25, 0.3) is 47.6 Å². The minimum absolute atomic E-state index is 0. The summed E-state index contributed by atoms with van der Waals surface area (Å²) >= 11 is 1.62. The summed E-state index contributed by atoms with van der Waals surface area (Å²) in [5.41, 5.74) is 9.87. The first-order chi connectivity index (χ1) is 43.7. The summed E-state index contributed by atoms with van der Waals surface area (Å²) in [6, 6.07) is 61.9. The van der Waals surface area contributed by atoms with Crippen molar-refractivity contribution in [2.45, 2.75) is 14.7 Å². The van der Waals surface area contributed by atoms with Crippen molar-refractivity contribution in [2.24, 2.45) is 0 Å². The second-order valence-corrected chi connectivity index (χ2v) is 21.2. The summed E-state index contributed by atoms with van der Waals surface area (Å²) in [4.78, 5) is 27.2. The molecule has 5 N–H and O–H groups in total. The molecule has 32 heteroatoms. The van der Waals surface area contributed by atoms with Gasteiger partial charge < -0.3 is 58.8 Å². The average molecular weight is 1380 g/mol. The molecule has 0 aliphatic rings. The molecule has 2 aromatic heterocycles. The monoisotopic (exact) mass is 1380 g/mol. The molecule has 10 rings (SSSR count). The molecular formula is C62H50N10Na4O14S4. The van der Waals surface area contributed by atoms with Gasteiger partial charge in [0, 0.05) is 43.5 Å². The SMILES string of the molecule is COc1nc(Nc2ccccc2)nc(Nc2ccc(C=Cc3ccc(Nc4nc(Nc5ccccc5)nc(OC)n4)cc3SOO[O-])cc2)n1.O=S(=O)([O-])c1ccccc1/C=C/c1ccc(-c2ccc(/C=C/c3ccccc3SOO[O-])cc2)cc1.O=[S-](=O)O.[Na+].[Na+].[Na+].[Na+]. The predicted octanol–water partition coefficient (Wildman–Crippen LogP) is 0.0630. The van der Waals surface area contributed by atoms with E-state index in [2.05, 4.69) is 69.9 Å². The Labute approximate surface area is 640 Å². The summed E-state index contributed by atoms with van der Waals surface area (Å²) in [5, 5.41) is 40.4. The van der Waals surface area contributed by atoms with Gasteiger partial charge in [-0.3, -0.25) is 10.1 Å². The maximum atomic E-state index is 11.4. The standard InChI is InChI=1S/C34H30N10O5S.C28H22O6S2.4Na.HO3S/c1-46-33-41-29(35-24-9-5-3-6-10-24)39-31(43-33)37-26-18-14-22(15-19-26)13-16-23-17-20-27(21-28(23)50-49-48-45)38-32-40-30(42-34(44-32)47-2)36-25-11-7-4-8-12-25;29-33-34-35-27-7-3-1-5-25(27)19-13-21-9-15-23(16-10-21)24-17-11-22(12-18-24)14-20-26-6-2-4-8-28(26)36(30,31)32;;;;;1-4(2)3/h3-21,45H,1-2H3,(H2,35,37,39,41,43)(H2,36,38,40,42,44);1-20,29H,(H,30,31,32);;;;;(H,1,2,3)/q;;4*+1;-1/p-3/b;19-13+,20-14+;;;;;. The number of aromatic nitrogens is 6. The first-order valence-corrected chi connectivity index (χ1v) is 30.1. The number of hydrogen-bond acceptors (Lipinski definition) is 26. The minimum Gasteiger partial charge on any atom is -0.744 e. The van der Waals surface area contributed by atoms with Crippen LogP contribution in [0.15, 0.2) is 215 Å². The van der Waals surface area contributed by atoms with Crippen molar-refractivity contribution in [3.8, 4) is 23.1 Å². The third kappa shape index (κ3) is 26.9. The molecule has 0 radical (unpaired) electrons. The molecule has 0 amide bonds. The molecule has 0 saturated carbocycles. The van der Waals surface area contributed by atoms with E-state index in [-0.39, 0.29) is 141 Å². The average Bonchev–Trinajstić information content (AvgIpc) is 0.925. The van der Waals surface area contributed by atoms with Gasteiger partial charge in [0.25, 0.3) is 0 Å². The molecule has 8 aromatic carbocycles. The van der Waals surface area contributed by atoms with E-state index >= 15 is 0 Å². The molecule has 0 fully saturated rings. The third-order valence-corrected chi connectivity index (χ3v) is 14.3. The zero-order chi connectivity index (χ0) is 63.5. The number of methoxy groups -OCH3 is 2. The van der Waals surface area contributed by atoms with Crippen LogP contribution in [0, 0.1) is 0 Å². The van der Waals surface area contributed by atoms with Gasteiger partial charge in [-0.15, -0.1) is 0 Å². The molecule has 0 saturated heterocycles. The topological polar surface area (TPSA) is 339 Å². The smallest absolute Gasteiger partial charge is 0.744 e. The van der Waals surface area contributed by atoms with Crippen molar-refractivity contribution < 1.29 is 183 Å². The van der Waals surface area contributed by atoms with Gasteiger partial charge in [-0.25, -0.2) is 8.42 Å². The van der Waals surface area contributed by atoms with E-state index in [0.29, 0.717) is 34.0 Å². The van der Waals surface area contributed by atoms with Crippen LogP contribution in [0.2, 0.25) is 0 Å². The van der Waals surface area contributed by atoms with Crippen molar-refractivity contribution in [1.82, 2.24) is 29.9 Å². The molecule has 0 aliphatic heterocycles. The Hall–Kier alpha value is -5.92. The van der Waals surface area contributed by atoms with Crippen LogP contribution < -0.4 is 159 Å². The van der Waals surface area contributed by atoms with Crippen molar-refractivity contribution in [3.63, 3.8) is 0 Å². The molecule has 0 unspecified atom stereocenters. The van der Waals surface area contributed by atoms with E-state index in [1.165, 1.54) is 26.4 Å². The Morgan fingerprint density at radius 1 is 0.426 bits per heavy atom. The van der Waals surface area contributed by atoms with Crippen LogP contribution in [0.3, 0.4) is 0 Å². The fourth-order valence-corrected chi connectivity index (χ4v) is 9.60. The molecule has 10 aromatic rings. The van der Waals surface area contributed by atoms with Gasteiger partial charge in [-0.2, -0.15) is 38.6 Å². The number of nitrogens with one attached hydrogen (secondary N) is 4. The van der Waals surface area contributed by atoms with Crippen LogP contribution in [-0.4, -0.2) is 61.6 Å². The zero-order valence-electron chi connectivity index (χ0n) is 51.1. The van der Waals surface area contributed by atoms with Crippen LogP contribution in [-0.2, 0) is 48.3 Å². The van der Waals surface area contributed by atoms with E-state index in [1.807, 2.05) is 194 Å². The molecule has 94 heavy (non-hydrogen) atoms. The fraction of sp³-hybridized carbons (Fsp3) is 0.0323. The van der Waals surface area contributed by atoms with Gasteiger partial charge in [-0.05, 0) is 105 Å². The van der Waals surface area contributed by atoms with Gasteiger partial charge in [0.15, 0.2) is 0 Å². The largest absolute Gasteiger partial charge is 1.00 e. The molecule has 2 heterocycles. The van der Waals surface area contributed by atoms with E-state index < -0.39 is 21.1 Å². The quantitative estimate of drug-likeness (QED) is 0.00781. The van der Waals surface area contributed by atoms with Crippen LogP contribution in [0.1, 0.15) is 33.4 Å². The summed E-state index contributed by atoms with van der Waals surface area (Å²) in [5.74, 6) is 1.18.